The Bertz CT molecular complexity index is 1260. The third kappa shape index (κ3) is 4.40. The molecule has 32 heavy (non-hydrogen) atoms. The van der Waals surface area contributed by atoms with E-state index in [1.807, 2.05) is 0 Å². The van der Waals surface area contributed by atoms with Crippen LogP contribution in [0.5, 0.6) is 0 Å². The van der Waals surface area contributed by atoms with Crippen molar-refractivity contribution in [2.45, 2.75) is 12.8 Å². The van der Waals surface area contributed by atoms with Crippen LogP contribution in [0.3, 0.4) is 0 Å². The van der Waals surface area contributed by atoms with Crippen LogP contribution in [0.1, 0.15) is 22.3 Å². The fraction of sp³-hybridized carbons (Fsp3) is 0.0625. The van der Waals surface area contributed by atoms with E-state index < -0.39 is 0 Å². The number of allylic oxidation sites excluding steroid dienone is 1. The third-order valence-electron chi connectivity index (χ3n) is 6.05. The highest BCUT2D eigenvalue weighted by Gasteiger charge is 2.15. The van der Waals surface area contributed by atoms with E-state index in [-0.39, 0.29) is 0 Å². The van der Waals surface area contributed by atoms with Gasteiger partial charge in [0, 0.05) is 0 Å². The van der Waals surface area contributed by atoms with E-state index >= 15 is 0 Å². The van der Waals surface area contributed by atoms with Gasteiger partial charge in [0.1, 0.15) is 0 Å². The van der Waals surface area contributed by atoms with E-state index in [0.717, 1.165) is 12.8 Å². The lowest BCUT2D eigenvalue weighted by molar-refractivity contribution is 1.26. The van der Waals surface area contributed by atoms with Crippen molar-refractivity contribution in [3.63, 3.8) is 0 Å². The third-order valence-corrected chi connectivity index (χ3v) is 6.05. The lowest BCUT2D eigenvalue weighted by Crippen LogP contribution is -1.77. The highest BCUT2D eigenvalue weighted by Crippen LogP contribution is 2.35. The summed E-state index contributed by atoms with van der Waals surface area (Å²) < 4.78 is 0. The molecule has 0 N–H and O–H groups in total. The molecule has 0 fully saturated rings. The second-order valence-corrected chi connectivity index (χ2v) is 8.14. The van der Waals surface area contributed by atoms with Crippen molar-refractivity contribution in [1.29, 1.82) is 0 Å². The summed E-state index contributed by atoms with van der Waals surface area (Å²) in [6, 6.07) is 42.5. The van der Waals surface area contributed by atoms with Crippen LogP contribution in [0.15, 0.2) is 127 Å². The van der Waals surface area contributed by atoms with Gasteiger partial charge < -0.3 is 0 Å². The molecule has 0 nitrogen and oxygen atoms in total. The summed E-state index contributed by atoms with van der Waals surface area (Å²) in [5, 5.41) is 2.62. The molecule has 0 amide bonds. The fourth-order valence-corrected chi connectivity index (χ4v) is 4.41. The van der Waals surface area contributed by atoms with Gasteiger partial charge in [-0.05, 0) is 57.0 Å². The molecular weight excluding hydrogens is 384 g/mol. The molecule has 5 aromatic carbocycles. The molecule has 0 saturated heterocycles. The largest absolute Gasteiger partial charge is 0.0795 e. The molecule has 2 aliphatic rings. The van der Waals surface area contributed by atoms with Gasteiger partial charge in [-0.2, -0.15) is 0 Å². The molecule has 0 aliphatic heterocycles. The maximum atomic E-state index is 2.22. The standard InChI is InChI=1S/C13H10.C10H8.C9H8/c1-3-7-12-10(5-1)9-11-6-2-4-8-13(11)12;1-2-6-10-8-4-3-7-9(10)5-1;1-2-5-9-7-3-6-8(9)4-1/h1-8H,9H2;1-8H;1-6H,7H2. The Balaban J connectivity index is 0.000000103. The molecule has 0 atom stereocenters. The first-order valence-electron chi connectivity index (χ1n) is 11.2. The monoisotopic (exact) mass is 410 g/mol. The lowest BCUT2D eigenvalue weighted by atomic mass is 10.1. The molecule has 0 heterocycles. The van der Waals surface area contributed by atoms with Crippen LogP contribution >= 0.6 is 0 Å². The average molecular weight is 411 g/mol. The number of benzene rings is 5. The van der Waals surface area contributed by atoms with E-state index in [0.29, 0.717) is 0 Å². The molecule has 154 valence electrons. The number of hydrogen-bond acceptors (Lipinski definition) is 0. The molecule has 0 heteroatoms. The second kappa shape index (κ2) is 9.49. The molecule has 0 bridgehead atoms. The van der Waals surface area contributed by atoms with Crippen molar-refractivity contribution in [2.24, 2.45) is 0 Å². The van der Waals surface area contributed by atoms with Gasteiger partial charge in [-0.1, -0.05) is 133 Å². The van der Waals surface area contributed by atoms with Gasteiger partial charge in [-0.3, -0.25) is 0 Å². The summed E-state index contributed by atoms with van der Waals surface area (Å²) in [6.45, 7) is 0. The van der Waals surface area contributed by atoms with Crippen molar-refractivity contribution >= 4 is 16.8 Å². The van der Waals surface area contributed by atoms with Gasteiger partial charge in [-0.25, -0.2) is 0 Å². The van der Waals surface area contributed by atoms with E-state index in [2.05, 4.69) is 133 Å². The van der Waals surface area contributed by atoms with Crippen molar-refractivity contribution in [1.82, 2.24) is 0 Å². The SMILES string of the molecule is C1=Cc2ccccc2C1.c1ccc2c(c1)Cc1ccccc1-2.c1ccc2ccccc2c1. The minimum Gasteiger partial charge on any atom is -0.0795 e. The Labute approximate surface area is 190 Å². The lowest BCUT2D eigenvalue weighted by Gasteiger charge is -1.98. The first-order valence-corrected chi connectivity index (χ1v) is 11.2. The van der Waals surface area contributed by atoms with E-state index in [4.69, 9.17) is 0 Å². The number of rotatable bonds is 0. The number of fused-ring (bicyclic) bond motifs is 5. The Morgan fingerprint density at radius 1 is 0.406 bits per heavy atom. The van der Waals surface area contributed by atoms with Gasteiger partial charge in [0.15, 0.2) is 0 Å². The van der Waals surface area contributed by atoms with Crippen LogP contribution in [-0.2, 0) is 12.8 Å². The zero-order valence-corrected chi connectivity index (χ0v) is 18.1. The van der Waals surface area contributed by atoms with E-state index in [1.165, 1.54) is 44.2 Å². The summed E-state index contributed by atoms with van der Waals surface area (Å²) >= 11 is 0. The van der Waals surface area contributed by atoms with Crippen molar-refractivity contribution in [3.05, 3.63) is 150 Å². The van der Waals surface area contributed by atoms with Gasteiger partial charge in [-0.15, -0.1) is 0 Å². The van der Waals surface area contributed by atoms with E-state index in [1.54, 1.807) is 0 Å². The highest BCUT2D eigenvalue weighted by atomic mass is 14.2. The van der Waals surface area contributed by atoms with Gasteiger partial charge in [0.05, 0.1) is 0 Å². The van der Waals surface area contributed by atoms with Crippen molar-refractivity contribution in [2.75, 3.05) is 0 Å². The van der Waals surface area contributed by atoms with Crippen LogP contribution in [0, 0.1) is 0 Å². The maximum Gasteiger partial charge on any atom is -0.00135 e. The summed E-state index contributed by atoms with van der Waals surface area (Å²) in [5.74, 6) is 0. The molecule has 0 spiro atoms. The van der Waals surface area contributed by atoms with Crippen LogP contribution in [0.25, 0.3) is 28.0 Å². The number of hydrogen-bond donors (Lipinski definition) is 0. The Kier molecular flexibility index (Phi) is 5.94. The van der Waals surface area contributed by atoms with Crippen LogP contribution in [0.4, 0.5) is 0 Å². The fourth-order valence-electron chi connectivity index (χ4n) is 4.41. The molecule has 0 aromatic heterocycles. The Hall–Kier alpha value is -3.90. The second-order valence-electron chi connectivity index (χ2n) is 8.14. The highest BCUT2D eigenvalue weighted by molar-refractivity contribution is 5.82. The smallest absolute Gasteiger partial charge is 0.00135 e. The van der Waals surface area contributed by atoms with E-state index in [9.17, 15) is 0 Å². The topological polar surface area (TPSA) is 0 Å². The zero-order chi connectivity index (χ0) is 21.6. The van der Waals surface area contributed by atoms with Gasteiger partial charge >= 0.3 is 0 Å². The molecule has 0 unspecified atom stereocenters. The summed E-state index contributed by atoms with van der Waals surface area (Å²) in [5.41, 5.74) is 8.60. The van der Waals surface area contributed by atoms with Gasteiger partial charge in [0.2, 0.25) is 0 Å². The maximum absolute atomic E-state index is 2.22. The molecular formula is C32H26. The molecule has 0 saturated carbocycles. The average Bonchev–Trinajstić information content (AvgIpc) is 3.50. The first-order chi connectivity index (χ1) is 15.9. The van der Waals surface area contributed by atoms with Crippen LogP contribution in [-0.4, -0.2) is 0 Å². The van der Waals surface area contributed by atoms with Crippen molar-refractivity contribution < 1.29 is 0 Å². The molecule has 5 aromatic rings. The zero-order valence-electron chi connectivity index (χ0n) is 18.1. The van der Waals surface area contributed by atoms with Crippen LogP contribution in [0.2, 0.25) is 0 Å². The molecule has 7 rings (SSSR count). The normalized spacial score (nSPS) is 12.0. The Morgan fingerprint density at radius 2 is 0.844 bits per heavy atom. The minimum atomic E-state index is 1.10. The molecule has 0 radical (unpaired) electrons. The predicted molar refractivity (Wildman–Crippen MR) is 138 cm³/mol. The molecule has 2 aliphatic carbocycles. The van der Waals surface area contributed by atoms with Gasteiger partial charge in [0.25, 0.3) is 0 Å². The quantitative estimate of drug-likeness (QED) is 0.236. The van der Waals surface area contributed by atoms with Crippen molar-refractivity contribution in [3.8, 4) is 11.1 Å². The summed E-state index contributed by atoms with van der Waals surface area (Å²) in [4.78, 5) is 0. The summed E-state index contributed by atoms with van der Waals surface area (Å²) in [7, 11) is 0. The minimum absolute atomic E-state index is 1.10. The predicted octanol–water partition coefficient (Wildman–Crippen LogP) is 8.35. The van der Waals surface area contributed by atoms with Crippen LogP contribution < -0.4 is 0 Å². The Morgan fingerprint density at radius 3 is 1.38 bits per heavy atom. The summed E-state index contributed by atoms with van der Waals surface area (Å²) in [6.07, 6.45) is 6.60. The first kappa shape index (κ1) is 20.0.